The van der Waals surface area contributed by atoms with Crippen LogP contribution < -0.4 is 5.43 Å². The summed E-state index contributed by atoms with van der Waals surface area (Å²) in [6.07, 6.45) is -0.0238. The van der Waals surface area contributed by atoms with Crippen LogP contribution in [-0.2, 0) is 6.42 Å². The Labute approximate surface area is 159 Å². The van der Waals surface area contributed by atoms with Crippen molar-refractivity contribution in [2.45, 2.75) is 6.42 Å². The van der Waals surface area contributed by atoms with Gasteiger partial charge in [0, 0.05) is 35.2 Å². The topological polar surface area (TPSA) is 111 Å². The molecule has 3 aromatic carbocycles. The first kappa shape index (κ1) is 17.5. The van der Waals surface area contributed by atoms with Gasteiger partial charge in [0.25, 0.3) is 0 Å². The highest BCUT2D eigenvalue weighted by molar-refractivity contribution is 5.89. The van der Waals surface area contributed by atoms with Crippen LogP contribution in [0.5, 0.6) is 23.0 Å². The van der Waals surface area contributed by atoms with Gasteiger partial charge < -0.3 is 24.8 Å². The van der Waals surface area contributed by atoms with Crippen LogP contribution >= 0.6 is 0 Å². The Morgan fingerprint density at radius 2 is 1.54 bits per heavy atom. The average molecular weight is 376 g/mol. The van der Waals surface area contributed by atoms with Gasteiger partial charge in [0.15, 0.2) is 16.9 Å². The van der Waals surface area contributed by atoms with Crippen molar-refractivity contribution in [3.05, 3.63) is 82.0 Å². The maximum absolute atomic E-state index is 12.6. The van der Waals surface area contributed by atoms with E-state index in [0.29, 0.717) is 11.1 Å². The zero-order valence-corrected chi connectivity index (χ0v) is 14.6. The smallest absolute Gasteiger partial charge is 0.197 e. The van der Waals surface area contributed by atoms with E-state index in [1.165, 1.54) is 12.1 Å². The SMILES string of the molecule is O=c1cc(-c2ccccc2)oc2c(Cc3cccc(O)c3O)c(O)cc(O)c12. The minimum Gasteiger partial charge on any atom is -0.507 e. The number of hydrogen-bond donors (Lipinski definition) is 4. The van der Waals surface area contributed by atoms with E-state index in [-0.39, 0.29) is 46.0 Å². The maximum atomic E-state index is 12.6. The molecule has 140 valence electrons. The third kappa shape index (κ3) is 2.91. The molecule has 0 unspecified atom stereocenters. The molecule has 4 aromatic rings. The first-order valence-electron chi connectivity index (χ1n) is 8.52. The molecule has 0 bridgehead atoms. The van der Waals surface area contributed by atoms with E-state index < -0.39 is 11.2 Å². The number of phenols is 4. The molecule has 0 saturated heterocycles. The maximum Gasteiger partial charge on any atom is 0.197 e. The predicted octanol–water partition coefficient (Wildman–Crippen LogP) is 3.87. The van der Waals surface area contributed by atoms with Crippen molar-refractivity contribution in [3.63, 3.8) is 0 Å². The van der Waals surface area contributed by atoms with Crippen LogP contribution in [0.1, 0.15) is 11.1 Å². The highest BCUT2D eigenvalue weighted by Crippen LogP contribution is 2.38. The molecule has 28 heavy (non-hydrogen) atoms. The van der Waals surface area contributed by atoms with Crippen molar-refractivity contribution in [2.75, 3.05) is 0 Å². The zero-order valence-electron chi connectivity index (χ0n) is 14.6. The minimum absolute atomic E-state index is 0.0200. The Kier molecular flexibility index (Phi) is 4.16. The van der Waals surface area contributed by atoms with Gasteiger partial charge in [0.2, 0.25) is 0 Å². The fourth-order valence-corrected chi connectivity index (χ4v) is 3.18. The summed E-state index contributed by atoms with van der Waals surface area (Å²) in [5.41, 5.74) is 0.764. The van der Waals surface area contributed by atoms with Crippen LogP contribution in [0.25, 0.3) is 22.3 Å². The fraction of sp³-hybridized carbons (Fsp3) is 0.0455. The first-order valence-corrected chi connectivity index (χ1v) is 8.52. The fourth-order valence-electron chi connectivity index (χ4n) is 3.18. The molecule has 4 rings (SSSR count). The lowest BCUT2D eigenvalue weighted by molar-refractivity contribution is 0.399. The number of benzene rings is 3. The molecule has 0 radical (unpaired) electrons. The van der Waals surface area contributed by atoms with E-state index >= 15 is 0 Å². The van der Waals surface area contributed by atoms with Gasteiger partial charge in [0.05, 0.1) is 0 Å². The number of phenolic OH excluding ortho intramolecular Hbond substituents is 4. The normalized spacial score (nSPS) is 11.0. The summed E-state index contributed by atoms with van der Waals surface area (Å²) >= 11 is 0. The standard InChI is InChI=1S/C22H16O6/c23-15-8-4-7-13(21(15)27)9-14-16(24)10-17(25)20-18(26)11-19(28-22(14)20)12-5-2-1-3-6-12/h1-8,10-11,23-25,27H,9H2. The van der Waals surface area contributed by atoms with Crippen LogP contribution in [0.15, 0.2) is 69.9 Å². The van der Waals surface area contributed by atoms with Crippen molar-refractivity contribution in [1.29, 1.82) is 0 Å². The number of para-hydroxylation sites is 1. The lowest BCUT2D eigenvalue weighted by atomic mass is 9.99. The highest BCUT2D eigenvalue weighted by atomic mass is 16.3. The van der Waals surface area contributed by atoms with Crippen LogP contribution in [0, 0.1) is 0 Å². The monoisotopic (exact) mass is 376 g/mol. The van der Waals surface area contributed by atoms with Gasteiger partial charge in [-0.1, -0.05) is 42.5 Å². The molecular weight excluding hydrogens is 360 g/mol. The van der Waals surface area contributed by atoms with Crippen LogP contribution in [0.4, 0.5) is 0 Å². The van der Waals surface area contributed by atoms with E-state index in [2.05, 4.69) is 0 Å². The molecule has 0 aliphatic rings. The Bertz CT molecular complexity index is 1240. The van der Waals surface area contributed by atoms with Gasteiger partial charge in [-0.05, 0) is 6.07 Å². The van der Waals surface area contributed by atoms with Crippen LogP contribution in [-0.4, -0.2) is 20.4 Å². The van der Waals surface area contributed by atoms with E-state index in [4.69, 9.17) is 4.42 Å². The molecule has 1 heterocycles. The lowest BCUT2D eigenvalue weighted by Gasteiger charge is -2.12. The number of aromatic hydroxyl groups is 4. The quantitative estimate of drug-likeness (QED) is 0.404. The number of fused-ring (bicyclic) bond motifs is 1. The molecule has 6 nitrogen and oxygen atoms in total. The average Bonchev–Trinajstić information content (AvgIpc) is 2.68. The summed E-state index contributed by atoms with van der Waals surface area (Å²) in [7, 11) is 0. The second kappa shape index (κ2) is 6.66. The summed E-state index contributed by atoms with van der Waals surface area (Å²) in [5.74, 6) is -1.04. The van der Waals surface area contributed by atoms with Crippen molar-refractivity contribution >= 4 is 11.0 Å². The molecule has 0 atom stereocenters. The van der Waals surface area contributed by atoms with E-state index in [1.54, 1.807) is 36.4 Å². The number of hydrogen-bond acceptors (Lipinski definition) is 6. The minimum atomic E-state index is -0.459. The molecule has 0 spiro atoms. The van der Waals surface area contributed by atoms with Gasteiger partial charge in [0.1, 0.15) is 28.2 Å². The van der Waals surface area contributed by atoms with Gasteiger partial charge in [-0.15, -0.1) is 0 Å². The molecule has 0 aliphatic heterocycles. The Hall–Kier alpha value is -3.93. The summed E-state index contributed by atoms with van der Waals surface area (Å²) < 4.78 is 5.90. The second-order valence-corrected chi connectivity index (χ2v) is 6.40. The van der Waals surface area contributed by atoms with Crippen molar-refractivity contribution in [1.82, 2.24) is 0 Å². The van der Waals surface area contributed by atoms with Gasteiger partial charge in [-0.3, -0.25) is 4.79 Å². The Morgan fingerprint density at radius 1 is 0.786 bits per heavy atom. The summed E-state index contributed by atoms with van der Waals surface area (Å²) in [5, 5.41) is 40.3. The van der Waals surface area contributed by atoms with Gasteiger partial charge >= 0.3 is 0 Å². The molecule has 0 amide bonds. The second-order valence-electron chi connectivity index (χ2n) is 6.40. The molecule has 4 N–H and O–H groups in total. The Morgan fingerprint density at radius 3 is 2.29 bits per heavy atom. The predicted molar refractivity (Wildman–Crippen MR) is 104 cm³/mol. The van der Waals surface area contributed by atoms with Crippen molar-refractivity contribution < 1.29 is 24.8 Å². The van der Waals surface area contributed by atoms with E-state index in [9.17, 15) is 25.2 Å². The molecule has 0 fully saturated rings. The largest absolute Gasteiger partial charge is 0.507 e. The van der Waals surface area contributed by atoms with E-state index in [0.717, 1.165) is 6.07 Å². The lowest BCUT2D eigenvalue weighted by Crippen LogP contribution is -2.03. The van der Waals surface area contributed by atoms with Crippen LogP contribution in [0.2, 0.25) is 0 Å². The van der Waals surface area contributed by atoms with Crippen molar-refractivity contribution in [3.8, 4) is 34.3 Å². The van der Waals surface area contributed by atoms with Gasteiger partial charge in [-0.25, -0.2) is 0 Å². The number of rotatable bonds is 3. The molecule has 0 aliphatic carbocycles. The molecule has 1 aromatic heterocycles. The third-order valence-corrected chi connectivity index (χ3v) is 4.58. The zero-order chi connectivity index (χ0) is 19.8. The Balaban J connectivity index is 1.99. The van der Waals surface area contributed by atoms with E-state index in [1.807, 2.05) is 6.07 Å². The molecule has 6 heteroatoms. The molecular formula is C22H16O6. The molecule has 0 saturated carbocycles. The third-order valence-electron chi connectivity index (χ3n) is 4.58. The first-order chi connectivity index (χ1) is 13.5. The highest BCUT2D eigenvalue weighted by Gasteiger charge is 2.20. The summed E-state index contributed by atoms with van der Waals surface area (Å²) in [4.78, 5) is 12.6. The van der Waals surface area contributed by atoms with Crippen LogP contribution in [0.3, 0.4) is 0 Å². The summed E-state index contributed by atoms with van der Waals surface area (Å²) in [6.45, 7) is 0. The summed E-state index contributed by atoms with van der Waals surface area (Å²) in [6, 6.07) is 15.8. The van der Waals surface area contributed by atoms with Crippen molar-refractivity contribution in [2.24, 2.45) is 0 Å². The van der Waals surface area contributed by atoms with Gasteiger partial charge in [-0.2, -0.15) is 0 Å².